The Bertz CT molecular complexity index is 632. The molecule has 2 aromatic rings. The van der Waals surface area contributed by atoms with Crippen molar-refractivity contribution in [1.29, 1.82) is 0 Å². The van der Waals surface area contributed by atoms with Gasteiger partial charge in [-0.1, -0.05) is 24.2 Å². The lowest BCUT2D eigenvalue weighted by atomic mass is 9.85. The predicted molar refractivity (Wildman–Crippen MR) is 90.7 cm³/mol. The van der Waals surface area contributed by atoms with Gasteiger partial charge in [0.2, 0.25) is 11.7 Å². The van der Waals surface area contributed by atoms with Gasteiger partial charge in [0.25, 0.3) is 0 Å². The SMILES string of the molecule is CC(Cc1nc(COc2ccccc2F)no1)C1CCCNC1.Cl. The fraction of sp³-hybridized carbons (Fsp3) is 0.529. The number of benzene rings is 1. The summed E-state index contributed by atoms with van der Waals surface area (Å²) in [7, 11) is 0. The van der Waals surface area contributed by atoms with E-state index in [9.17, 15) is 4.39 Å². The van der Waals surface area contributed by atoms with E-state index >= 15 is 0 Å². The van der Waals surface area contributed by atoms with E-state index in [1.807, 2.05) is 0 Å². The molecule has 0 aliphatic carbocycles. The van der Waals surface area contributed by atoms with Crippen molar-refractivity contribution in [2.24, 2.45) is 11.8 Å². The van der Waals surface area contributed by atoms with E-state index in [2.05, 4.69) is 22.4 Å². The summed E-state index contributed by atoms with van der Waals surface area (Å²) in [5.74, 6) is 2.00. The van der Waals surface area contributed by atoms with Crippen LogP contribution in [0.2, 0.25) is 0 Å². The van der Waals surface area contributed by atoms with Crippen LogP contribution >= 0.6 is 12.4 Å². The van der Waals surface area contributed by atoms with E-state index in [0.717, 1.165) is 19.5 Å². The molecule has 0 radical (unpaired) electrons. The largest absolute Gasteiger partial charge is 0.482 e. The summed E-state index contributed by atoms with van der Waals surface area (Å²) in [6, 6.07) is 6.28. The monoisotopic (exact) mass is 355 g/mol. The lowest BCUT2D eigenvalue weighted by Gasteiger charge is -2.27. The van der Waals surface area contributed by atoms with Crippen LogP contribution in [0.1, 0.15) is 31.5 Å². The maximum atomic E-state index is 13.5. The van der Waals surface area contributed by atoms with Crippen molar-refractivity contribution in [3.05, 3.63) is 41.8 Å². The lowest BCUT2D eigenvalue weighted by Crippen LogP contribution is -2.33. The third-order valence-corrected chi connectivity index (χ3v) is 4.34. The number of nitrogens with zero attached hydrogens (tertiary/aromatic N) is 2. The van der Waals surface area contributed by atoms with Gasteiger partial charge >= 0.3 is 0 Å². The van der Waals surface area contributed by atoms with E-state index in [1.165, 1.54) is 18.9 Å². The van der Waals surface area contributed by atoms with Crippen LogP contribution in [0.3, 0.4) is 0 Å². The summed E-state index contributed by atoms with van der Waals surface area (Å²) in [5.41, 5.74) is 0. The molecule has 7 heteroatoms. The number of ether oxygens (including phenoxy) is 1. The molecule has 1 aromatic heterocycles. The van der Waals surface area contributed by atoms with Crippen LogP contribution in [-0.4, -0.2) is 23.2 Å². The van der Waals surface area contributed by atoms with Gasteiger partial charge in [0.1, 0.15) is 0 Å². The van der Waals surface area contributed by atoms with Crippen LogP contribution < -0.4 is 10.1 Å². The molecule has 1 aliphatic rings. The summed E-state index contributed by atoms with van der Waals surface area (Å²) < 4.78 is 24.2. The zero-order chi connectivity index (χ0) is 16.1. The first-order valence-electron chi connectivity index (χ1n) is 8.12. The van der Waals surface area contributed by atoms with Gasteiger partial charge < -0.3 is 14.6 Å². The van der Waals surface area contributed by atoms with Crippen LogP contribution in [-0.2, 0) is 13.0 Å². The zero-order valence-electron chi connectivity index (χ0n) is 13.7. The van der Waals surface area contributed by atoms with Gasteiger partial charge in [-0.05, 0) is 49.9 Å². The average Bonchev–Trinajstić information content (AvgIpc) is 3.02. The Hall–Kier alpha value is -1.66. The Morgan fingerprint density at radius 1 is 1.42 bits per heavy atom. The van der Waals surface area contributed by atoms with Crippen molar-refractivity contribution in [3.8, 4) is 5.75 Å². The van der Waals surface area contributed by atoms with E-state index in [0.29, 0.717) is 23.6 Å². The molecule has 1 aromatic carbocycles. The Balaban J connectivity index is 0.00000208. The van der Waals surface area contributed by atoms with Crippen molar-refractivity contribution in [2.45, 2.75) is 32.8 Å². The Kier molecular flexibility index (Phi) is 6.99. The normalized spacial score (nSPS) is 18.7. The van der Waals surface area contributed by atoms with Crippen LogP contribution in [0.4, 0.5) is 4.39 Å². The topological polar surface area (TPSA) is 60.2 Å². The number of para-hydroxylation sites is 1. The quantitative estimate of drug-likeness (QED) is 0.860. The van der Waals surface area contributed by atoms with Crippen LogP contribution in [0.25, 0.3) is 0 Å². The third-order valence-electron chi connectivity index (χ3n) is 4.34. The summed E-state index contributed by atoms with van der Waals surface area (Å²) in [6.07, 6.45) is 3.23. The summed E-state index contributed by atoms with van der Waals surface area (Å²) >= 11 is 0. The fourth-order valence-corrected chi connectivity index (χ4v) is 2.94. The minimum absolute atomic E-state index is 0. The predicted octanol–water partition coefficient (Wildman–Crippen LogP) is 3.39. The number of hydrogen-bond donors (Lipinski definition) is 1. The van der Waals surface area contributed by atoms with Crippen molar-refractivity contribution < 1.29 is 13.7 Å². The van der Waals surface area contributed by atoms with Gasteiger partial charge in [-0.3, -0.25) is 0 Å². The van der Waals surface area contributed by atoms with Gasteiger partial charge in [0.05, 0.1) is 0 Å². The minimum Gasteiger partial charge on any atom is -0.482 e. The highest BCUT2D eigenvalue weighted by atomic mass is 35.5. The number of nitrogens with one attached hydrogen (secondary N) is 1. The molecule has 2 atom stereocenters. The highest BCUT2D eigenvalue weighted by molar-refractivity contribution is 5.85. The molecule has 0 bridgehead atoms. The molecule has 1 fully saturated rings. The molecule has 0 spiro atoms. The van der Waals surface area contributed by atoms with Gasteiger partial charge in [0, 0.05) is 6.42 Å². The van der Waals surface area contributed by atoms with Crippen molar-refractivity contribution in [2.75, 3.05) is 13.1 Å². The third kappa shape index (κ3) is 4.92. The maximum Gasteiger partial charge on any atom is 0.227 e. The molecule has 1 aliphatic heterocycles. The standard InChI is InChI=1S/C17H22FN3O2.ClH/c1-12(13-5-4-8-19-10-13)9-17-20-16(21-23-17)11-22-15-7-3-2-6-14(15)18;/h2-3,6-7,12-13,19H,4-5,8-11H2,1H3;1H. The number of rotatable bonds is 6. The van der Waals surface area contributed by atoms with Crippen LogP contribution in [0.5, 0.6) is 5.75 Å². The van der Waals surface area contributed by atoms with Gasteiger partial charge in [-0.15, -0.1) is 12.4 Å². The molecule has 2 unspecified atom stereocenters. The second-order valence-electron chi connectivity index (χ2n) is 6.11. The molecule has 132 valence electrons. The zero-order valence-corrected chi connectivity index (χ0v) is 14.5. The highest BCUT2D eigenvalue weighted by Gasteiger charge is 2.22. The smallest absolute Gasteiger partial charge is 0.227 e. The van der Waals surface area contributed by atoms with Crippen molar-refractivity contribution in [1.82, 2.24) is 15.5 Å². The number of piperidine rings is 1. The lowest BCUT2D eigenvalue weighted by molar-refractivity contribution is 0.253. The maximum absolute atomic E-state index is 13.5. The first kappa shape index (κ1) is 18.7. The minimum atomic E-state index is -0.394. The van der Waals surface area contributed by atoms with Gasteiger partial charge in [-0.2, -0.15) is 4.98 Å². The molecule has 0 saturated carbocycles. The molecule has 1 saturated heterocycles. The van der Waals surface area contributed by atoms with Crippen molar-refractivity contribution >= 4 is 12.4 Å². The number of halogens is 2. The second kappa shape index (κ2) is 8.99. The molecule has 1 N–H and O–H groups in total. The molecule has 3 rings (SSSR count). The number of aromatic nitrogens is 2. The molecule has 24 heavy (non-hydrogen) atoms. The van der Waals surface area contributed by atoms with Gasteiger partial charge in [-0.25, -0.2) is 4.39 Å². The summed E-state index contributed by atoms with van der Waals surface area (Å²) in [5, 5.41) is 7.34. The molecular weight excluding hydrogens is 333 g/mol. The van der Waals surface area contributed by atoms with Crippen LogP contribution in [0.15, 0.2) is 28.8 Å². The first-order valence-corrected chi connectivity index (χ1v) is 8.12. The van der Waals surface area contributed by atoms with Crippen LogP contribution in [0, 0.1) is 17.7 Å². The van der Waals surface area contributed by atoms with Gasteiger partial charge in [0.15, 0.2) is 18.2 Å². The Morgan fingerprint density at radius 3 is 3.00 bits per heavy atom. The van der Waals surface area contributed by atoms with Crippen molar-refractivity contribution in [3.63, 3.8) is 0 Å². The average molecular weight is 356 g/mol. The number of hydrogen-bond acceptors (Lipinski definition) is 5. The Morgan fingerprint density at radius 2 is 2.25 bits per heavy atom. The fourth-order valence-electron chi connectivity index (χ4n) is 2.94. The summed E-state index contributed by atoms with van der Waals surface area (Å²) in [6.45, 7) is 4.49. The van der Waals surface area contributed by atoms with E-state index in [4.69, 9.17) is 9.26 Å². The molecule has 5 nitrogen and oxygen atoms in total. The first-order chi connectivity index (χ1) is 11.2. The summed E-state index contributed by atoms with van der Waals surface area (Å²) in [4.78, 5) is 4.34. The molecular formula is C17H23ClFN3O2. The van der Waals surface area contributed by atoms with E-state index in [-0.39, 0.29) is 24.8 Å². The highest BCUT2D eigenvalue weighted by Crippen LogP contribution is 2.23. The molecule has 0 amide bonds. The Labute approximate surface area is 147 Å². The second-order valence-corrected chi connectivity index (χ2v) is 6.11. The van der Waals surface area contributed by atoms with E-state index in [1.54, 1.807) is 18.2 Å². The van der Waals surface area contributed by atoms with E-state index < -0.39 is 5.82 Å². The molecule has 2 heterocycles.